The van der Waals surface area contributed by atoms with E-state index in [0.717, 1.165) is 19.4 Å². The molecule has 0 aliphatic rings. The normalized spacial score (nSPS) is 10.8. The molecule has 0 rings (SSSR count). The van der Waals surface area contributed by atoms with Crippen LogP contribution in [-0.2, 0) is 4.79 Å². The monoisotopic (exact) mass is 347 g/mol. The number of carboxylic acids is 1. The Morgan fingerprint density at radius 1 is 0.640 bits per heavy atom. The van der Waals surface area contributed by atoms with Gasteiger partial charge in [0.05, 0.1) is 0 Å². The molecule has 0 heterocycles. The van der Waals surface area contributed by atoms with Gasteiger partial charge in [0.1, 0.15) is 0 Å². The van der Waals surface area contributed by atoms with E-state index in [4.69, 9.17) is 0 Å². The molecule has 0 aliphatic heterocycles. The first-order valence-corrected chi connectivity index (χ1v) is 10.6. The number of carboxylic acid groups (broad SMARTS) is 1. The second-order valence-corrected chi connectivity index (χ2v) is 7.21. The van der Waals surface area contributed by atoms with Crippen molar-refractivity contribution in [1.82, 2.24) is 4.90 Å². The number of carbonyl (C=O) groups excluding carboxylic acids is 1. The van der Waals surface area contributed by atoms with E-state index in [2.05, 4.69) is 18.7 Å². The number of aliphatic carboxylic acids is 1. The van der Waals surface area contributed by atoms with Crippen molar-refractivity contribution in [2.75, 3.05) is 19.6 Å². The standard InChI is InChI=1S/C21H43NO2.Li/c1-3-5-7-9-11-14-18-22(20-16-13-17-21(23)24)19-15-12-10-8-6-4-2;/h3-20H2,1-2H3,(H,23,24);/q;+1/p-1. The van der Waals surface area contributed by atoms with E-state index in [9.17, 15) is 9.90 Å². The Bertz CT molecular complexity index is 259. The van der Waals surface area contributed by atoms with Crippen molar-refractivity contribution in [3.05, 3.63) is 0 Å². The van der Waals surface area contributed by atoms with Gasteiger partial charge in [-0.15, -0.1) is 0 Å². The van der Waals surface area contributed by atoms with Crippen LogP contribution in [-0.4, -0.2) is 30.5 Å². The van der Waals surface area contributed by atoms with E-state index in [1.165, 1.54) is 90.1 Å². The number of nitrogens with zero attached hydrogens (tertiary/aromatic N) is 1. The van der Waals surface area contributed by atoms with Crippen LogP contribution in [0.15, 0.2) is 0 Å². The smallest absolute Gasteiger partial charge is 0.550 e. The molecule has 0 aromatic heterocycles. The minimum Gasteiger partial charge on any atom is -0.550 e. The summed E-state index contributed by atoms with van der Waals surface area (Å²) in [6.45, 7) is 7.94. The maximum atomic E-state index is 10.5. The fourth-order valence-corrected chi connectivity index (χ4v) is 3.17. The number of unbranched alkanes of at least 4 members (excludes halogenated alkanes) is 11. The van der Waals surface area contributed by atoms with E-state index in [0.29, 0.717) is 0 Å². The fraction of sp³-hybridized carbons (Fsp3) is 0.952. The average molecular weight is 348 g/mol. The topological polar surface area (TPSA) is 43.4 Å². The molecule has 0 unspecified atom stereocenters. The Labute approximate surface area is 169 Å². The van der Waals surface area contributed by atoms with Crippen LogP contribution in [0.25, 0.3) is 0 Å². The molecule has 0 fully saturated rings. The Balaban J connectivity index is 0. The quantitative estimate of drug-likeness (QED) is 0.265. The first kappa shape index (κ1) is 27.2. The van der Waals surface area contributed by atoms with Crippen LogP contribution in [0.3, 0.4) is 0 Å². The molecule has 0 saturated heterocycles. The summed E-state index contributed by atoms with van der Waals surface area (Å²) in [6, 6.07) is 0. The molecule has 0 aromatic carbocycles. The number of hydrogen-bond donors (Lipinski definition) is 0. The Morgan fingerprint density at radius 3 is 1.40 bits per heavy atom. The summed E-state index contributed by atoms with van der Waals surface area (Å²) in [5.41, 5.74) is 0. The maximum absolute atomic E-state index is 10.5. The van der Waals surface area contributed by atoms with Crippen LogP contribution in [0.5, 0.6) is 0 Å². The summed E-state index contributed by atoms with van der Waals surface area (Å²) in [6.07, 6.45) is 18.0. The summed E-state index contributed by atoms with van der Waals surface area (Å²) >= 11 is 0. The van der Waals surface area contributed by atoms with Gasteiger partial charge in [0.25, 0.3) is 0 Å². The van der Waals surface area contributed by atoms with Crippen molar-refractivity contribution in [3.8, 4) is 0 Å². The molecule has 0 N–H and O–H groups in total. The van der Waals surface area contributed by atoms with Gasteiger partial charge in [0.15, 0.2) is 0 Å². The molecule has 0 bridgehead atoms. The first-order chi connectivity index (χ1) is 11.7. The Kier molecular flexibility index (Phi) is 24.1. The summed E-state index contributed by atoms with van der Waals surface area (Å²) in [5, 5.41) is 10.5. The molecule has 0 radical (unpaired) electrons. The Hall–Kier alpha value is 0.0274. The minimum absolute atomic E-state index is 0. The molecule has 0 aromatic rings. The zero-order valence-corrected chi connectivity index (χ0v) is 17.5. The van der Waals surface area contributed by atoms with Gasteiger partial charge in [-0.1, -0.05) is 78.1 Å². The van der Waals surface area contributed by atoms with E-state index in [-0.39, 0.29) is 25.3 Å². The molecule has 0 amide bonds. The predicted octanol–water partition coefficient (Wildman–Crippen LogP) is 1.93. The van der Waals surface area contributed by atoms with Crippen LogP contribution >= 0.6 is 0 Å². The fourth-order valence-electron chi connectivity index (χ4n) is 3.17. The summed E-state index contributed by atoms with van der Waals surface area (Å²) < 4.78 is 0. The third-order valence-electron chi connectivity index (χ3n) is 4.76. The molecule has 25 heavy (non-hydrogen) atoms. The zero-order chi connectivity index (χ0) is 17.9. The van der Waals surface area contributed by atoms with Crippen molar-refractivity contribution in [2.24, 2.45) is 0 Å². The van der Waals surface area contributed by atoms with Gasteiger partial charge in [0, 0.05) is 5.97 Å². The van der Waals surface area contributed by atoms with E-state index in [1.807, 2.05) is 0 Å². The van der Waals surface area contributed by atoms with Crippen molar-refractivity contribution in [2.45, 2.75) is 110 Å². The molecular weight excluding hydrogens is 305 g/mol. The second kappa shape index (κ2) is 22.1. The van der Waals surface area contributed by atoms with Gasteiger partial charge in [-0.05, 0) is 51.7 Å². The second-order valence-electron chi connectivity index (χ2n) is 7.21. The van der Waals surface area contributed by atoms with Crippen LogP contribution in [0, 0.1) is 0 Å². The van der Waals surface area contributed by atoms with Gasteiger partial charge >= 0.3 is 18.9 Å². The number of rotatable bonds is 19. The van der Waals surface area contributed by atoms with E-state index >= 15 is 0 Å². The molecule has 4 heteroatoms. The molecule has 0 saturated carbocycles. The van der Waals surface area contributed by atoms with Gasteiger partial charge in [-0.3, -0.25) is 0 Å². The van der Waals surface area contributed by atoms with E-state index < -0.39 is 5.97 Å². The molecular formula is C21H42LiNO2. The summed E-state index contributed by atoms with van der Waals surface area (Å²) in [7, 11) is 0. The van der Waals surface area contributed by atoms with Crippen LogP contribution in [0.4, 0.5) is 0 Å². The van der Waals surface area contributed by atoms with Crippen molar-refractivity contribution in [3.63, 3.8) is 0 Å². The molecule has 3 nitrogen and oxygen atoms in total. The summed E-state index contributed by atoms with van der Waals surface area (Å²) in [4.78, 5) is 13.1. The van der Waals surface area contributed by atoms with Crippen LogP contribution in [0.1, 0.15) is 110 Å². The molecule has 0 atom stereocenters. The largest absolute Gasteiger partial charge is 1.00 e. The predicted molar refractivity (Wildman–Crippen MR) is 102 cm³/mol. The van der Waals surface area contributed by atoms with Gasteiger partial charge < -0.3 is 14.8 Å². The third kappa shape index (κ3) is 22.0. The van der Waals surface area contributed by atoms with Crippen molar-refractivity contribution in [1.29, 1.82) is 0 Å². The van der Waals surface area contributed by atoms with Gasteiger partial charge in [-0.25, -0.2) is 0 Å². The minimum atomic E-state index is -0.909. The van der Waals surface area contributed by atoms with E-state index in [1.54, 1.807) is 0 Å². The summed E-state index contributed by atoms with van der Waals surface area (Å²) in [5.74, 6) is -0.909. The van der Waals surface area contributed by atoms with Gasteiger partial charge in [-0.2, -0.15) is 0 Å². The molecule has 0 aliphatic carbocycles. The van der Waals surface area contributed by atoms with Crippen molar-refractivity contribution < 1.29 is 28.8 Å². The molecule has 144 valence electrons. The number of carbonyl (C=O) groups is 1. The number of hydrogen-bond acceptors (Lipinski definition) is 3. The van der Waals surface area contributed by atoms with Gasteiger partial charge in [0.2, 0.25) is 0 Å². The average Bonchev–Trinajstić information content (AvgIpc) is 2.56. The van der Waals surface area contributed by atoms with Crippen LogP contribution in [0.2, 0.25) is 0 Å². The first-order valence-electron chi connectivity index (χ1n) is 10.6. The zero-order valence-electron chi connectivity index (χ0n) is 17.5. The van der Waals surface area contributed by atoms with Crippen molar-refractivity contribution >= 4 is 5.97 Å². The SMILES string of the molecule is CCCCCCCCN(CCCCCCCC)CCCCC(=O)[O-].[Li+]. The van der Waals surface area contributed by atoms with Crippen LogP contribution < -0.4 is 24.0 Å². The maximum Gasteiger partial charge on any atom is 1.00 e. The third-order valence-corrected chi connectivity index (χ3v) is 4.76. The Morgan fingerprint density at radius 2 is 1.00 bits per heavy atom. The molecule has 0 spiro atoms.